The maximum atomic E-state index is 10.1. The van der Waals surface area contributed by atoms with Crippen molar-refractivity contribution in [3.05, 3.63) is 228 Å². The molecule has 3 heteroatoms. The molecule has 0 aliphatic heterocycles. The zero-order chi connectivity index (χ0) is 39.1. The quantitative estimate of drug-likeness (QED) is 0.180. The largest absolute Gasteiger partial charge is 0.228 e. The van der Waals surface area contributed by atoms with Crippen molar-refractivity contribution in [2.45, 2.75) is 5.41 Å². The van der Waals surface area contributed by atoms with Gasteiger partial charge in [0, 0.05) is 16.7 Å². The van der Waals surface area contributed by atoms with Gasteiger partial charge in [0.15, 0.2) is 5.82 Å². The second-order valence-corrected chi connectivity index (χ2v) is 15.6. The summed E-state index contributed by atoms with van der Waals surface area (Å²) in [7, 11) is 0. The normalized spacial score (nSPS) is 12.9. The number of fused-ring (bicyclic) bond motifs is 12. The summed E-state index contributed by atoms with van der Waals surface area (Å²) in [6, 6.07) is 73.8. The highest BCUT2D eigenvalue weighted by molar-refractivity contribution is 5.97. The molecule has 272 valence electrons. The van der Waals surface area contributed by atoms with Gasteiger partial charge in [0.1, 0.15) is 0 Å². The highest BCUT2D eigenvalue weighted by Gasteiger charge is 2.51. The Balaban J connectivity index is 1.02. The topological polar surface area (TPSA) is 49.6 Å². The third-order valence-corrected chi connectivity index (χ3v) is 12.5. The van der Waals surface area contributed by atoms with Gasteiger partial charge >= 0.3 is 0 Å². The number of benzene rings is 9. The second-order valence-electron chi connectivity index (χ2n) is 15.6. The molecule has 3 nitrogen and oxygen atoms in total. The molecule has 2 aliphatic rings. The molecule has 9 aromatic carbocycles. The molecule has 10 aromatic rings. The van der Waals surface area contributed by atoms with Gasteiger partial charge in [-0.1, -0.05) is 158 Å². The summed E-state index contributed by atoms with van der Waals surface area (Å²) in [5.41, 5.74) is 17.0. The summed E-state index contributed by atoms with van der Waals surface area (Å²) in [5.74, 6) is 0.687. The zero-order valence-corrected chi connectivity index (χ0v) is 31.9. The molecule has 0 amide bonds. The van der Waals surface area contributed by atoms with Crippen molar-refractivity contribution in [1.29, 1.82) is 5.26 Å². The van der Waals surface area contributed by atoms with E-state index in [-0.39, 0.29) is 0 Å². The predicted octanol–water partition coefficient (Wildman–Crippen LogP) is 13.7. The van der Waals surface area contributed by atoms with E-state index in [1.165, 1.54) is 49.5 Å². The lowest BCUT2D eigenvalue weighted by molar-refractivity contribution is 0.794. The molecule has 0 saturated carbocycles. The third-order valence-electron chi connectivity index (χ3n) is 12.5. The van der Waals surface area contributed by atoms with Gasteiger partial charge in [-0.3, -0.25) is 0 Å². The van der Waals surface area contributed by atoms with Gasteiger partial charge in [0.25, 0.3) is 0 Å². The van der Waals surface area contributed by atoms with Crippen molar-refractivity contribution in [2.24, 2.45) is 0 Å². The van der Waals surface area contributed by atoms with E-state index in [0.29, 0.717) is 11.4 Å². The molecule has 1 spiro atoms. The standard InChI is InChI=1S/C56H33N3/c57-34-35-20-26-51-47(28-35)48-32-41(25-27-52(48)56(51)49-18-7-5-16-45(49)46-17-6-8-19-50(46)56)40-14-9-15-42(30-40)53-33-54(43-23-21-36-10-1-3-12-38(36)29-43)59-55(58-53)44-24-22-37-11-2-4-13-39(37)31-44/h1-33H. The Labute approximate surface area is 342 Å². The van der Waals surface area contributed by atoms with E-state index in [4.69, 9.17) is 9.97 Å². The van der Waals surface area contributed by atoms with Crippen molar-refractivity contribution in [2.75, 3.05) is 0 Å². The smallest absolute Gasteiger partial charge is 0.160 e. The zero-order valence-electron chi connectivity index (χ0n) is 31.9. The van der Waals surface area contributed by atoms with Crippen molar-refractivity contribution in [3.8, 4) is 73.4 Å². The Hall–Kier alpha value is -7.93. The maximum absolute atomic E-state index is 10.1. The fraction of sp³-hybridized carbons (Fsp3) is 0.0179. The molecule has 12 rings (SSSR count). The number of nitriles is 1. The molecule has 1 aromatic heterocycles. The number of rotatable bonds is 4. The van der Waals surface area contributed by atoms with Crippen molar-refractivity contribution >= 4 is 21.5 Å². The molecular weight excluding hydrogens is 715 g/mol. The van der Waals surface area contributed by atoms with Crippen molar-refractivity contribution < 1.29 is 0 Å². The van der Waals surface area contributed by atoms with Crippen LogP contribution in [0.4, 0.5) is 0 Å². The van der Waals surface area contributed by atoms with Crippen LogP contribution in [0, 0.1) is 11.3 Å². The predicted molar refractivity (Wildman–Crippen MR) is 240 cm³/mol. The molecule has 0 bridgehead atoms. The van der Waals surface area contributed by atoms with E-state index < -0.39 is 5.41 Å². The first-order valence-corrected chi connectivity index (χ1v) is 20.0. The van der Waals surface area contributed by atoms with Gasteiger partial charge in [0.2, 0.25) is 0 Å². The van der Waals surface area contributed by atoms with Crippen molar-refractivity contribution in [3.63, 3.8) is 0 Å². The first-order valence-electron chi connectivity index (χ1n) is 20.0. The van der Waals surface area contributed by atoms with Gasteiger partial charge in [-0.05, 0) is 120 Å². The van der Waals surface area contributed by atoms with E-state index in [1.54, 1.807) is 0 Å². The summed E-state index contributed by atoms with van der Waals surface area (Å²) in [4.78, 5) is 10.5. The Kier molecular flexibility index (Phi) is 7.21. The Morgan fingerprint density at radius 3 is 1.51 bits per heavy atom. The summed E-state index contributed by atoms with van der Waals surface area (Å²) in [5, 5.41) is 14.8. The van der Waals surface area contributed by atoms with Crippen LogP contribution in [0.5, 0.6) is 0 Å². The Bertz CT molecular complexity index is 3280. The lowest BCUT2D eigenvalue weighted by Gasteiger charge is -2.30. The van der Waals surface area contributed by atoms with E-state index in [1.807, 2.05) is 6.07 Å². The monoisotopic (exact) mass is 747 g/mol. The summed E-state index contributed by atoms with van der Waals surface area (Å²) < 4.78 is 0. The van der Waals surface area contributed by atoms with Crippen LogP contribution in [0.3, 0.4) is 0 Å². The number of hydrogen-bond acceptors (Lipinski definition) is 3. The lowest BCUT2D eigenvalue weighted by atomic mass is 9.70. The van der Waals surface area contributed by atoms with Gasteiger partial charge in [-0.2, -0.15) is 5.26 Å². The molecular formula is C56H33N3. The van der Waals surface area contributed by atoms with E-state index in [0.717, 1.165) is 55.7 Å². The number of aromatic nitrogens is 2. The summed E-state index contributed by atoms with van der Waals surface area (Å²) in [6.45, 7) is 0. The molecule has 0 unspecified atom stereocenters. The van der Waals surface area contributed by atoms with Crippen LogP contribution in [-0.4, -0.2) is 9.97 Å². The van der Waals surface area contributed by atoms with Gasteiger partial charge in [-0.25, -0.2) is 9.97 Å². The van der Waals surface area contributed by atoms with E-state index in [2.05, 4.69) is 200 Å². The molecule has 1 heterocycles. The van der Waals surface area contributed by atoms with Crippen LogP contribution >= 0.6 is 0 Å². The van der Waals surface area contributed by atoms with E-state index >= 15 is 0 Å². The van der Waals surface area contributed by atoms with Crippen LogP contribution < -0.4 is 0 Å². The molecule has 0 N–H and O–H groups in total. The first-order chi connectivity index (χ1) is 29.2. The maximum Gasteiger partial charge on any atom is 0.160 e. The molecule has 0 atom stereocenters. The van der Waals surface area contributed by atoms with E-state index in [9.17, 15) is 5.26 Å². The minimum absolute atomic E-state index is 0.467. The summed E-state index contributed by atoms with van der Waals surface area (Å²) >= 11 is 0. The van der Waals surface area contributed by atoms with Crippen LogP contribution in [-0.2, 0) is 5.41 Å². The third kappa shape index (κ3) is 5.00. The molecule has 0 fully saturated rings. The minimum Gasteiger partial charge on any atom is -0.228 e. The molecule has 0 radical (unpaired) electrons. The minimum atomic E-state index is -0.467. The molecule has 59 heavy (non-hydrogen) atoms. The van der Waals surface area contributed by atoms with Gasteiger partial charge < -0.3 is 0 Å². The fourth-order valence-electron chi connectivity index (χ4n) is 9.81. The van der Waals surface area contributed by atoms with Gasteiger partial charge in [0.05, 0.1) is 28.4 Å². The Morgan fingerprint density at radius 2 is 0.831 bits per heavy atom. The fourth-order valence-corrected chi connectivity index (χ4v) is 9.81. The second kappa shape index (κ2) is 12.8. The highest BCUT2D eigenvalue weighted by Crippen LogP contribution is 2.63. The van der Waals surface area contributed by atoms with Crippen LogP contribution in [0.25, 0.3) is 88.8 Å². The molecule has 0 saturated heterocycles. The Morgan fingerprint density at radius 1 is 0.339 bits per heavy atom. The molecule has 2 aliphatic carbocycles. The van der Waals surface area contributed by atoms with Crippen LogP contribution in [0.15, 0.2) is 200 Å². The average Bonchev–Trinajstić information content (AvgIpc) is 3.77. The first kappa shape index (κ1) is 33.2. The van der Waals surface area contributed by atoms with Crippen LogP contribution in [0.2, 0.25) is 0 Å². The average molecular weight is 748 g/mol. The summed E-state index contributed by atoms with van der Waals surface area (Å²) in [6.07, 6.45) is 0. The van der Waals surface area contributed by atoms with Crippen molar-refractivity contribution in [1.82, 2.24) is 9.97 Å². The van der Waals surface area contributed by atoms with Crippen LogP contribution in [0.1, 0.15) is 27.8 Å². The SMILES string of the molecule is N#Cc1ccc2c(c1)-c1cc(-c3cccc(-c4cc(-c5ccc6ccccc6c5)nc(-c5ccc6ccccc6c5)n4)c3)ccc1C21c2ccccc2-c2ccccc21. The number of hydrogen-bond donors (Lipinski definition) is 0. The lowest BCUT2D eigenvalue weighted by Crippen LogP contribution is -2.25. The highest BCUT2D eigenvalue weighted by atomic mass is 14.9. The number of nitrogens with zero attached hydrogens (tertiary/aromatic N) is 3. The van der Waals surface area contributed by atoms with Gasteiger partial charge in [-0.15, -0.1) is 0 Å².